The minimum absolute atomic E-state index is 0.0639. The quantitative estimate of drug-likeness (QED) is 0.658. The highest BCUT2D eigenvalue weighted by Crippen LogP contribution is 2.22. The van der Waals surface area contributed by atoms with E-state index in [1.165, 1.54) is 5.56 Å². The lowest BCUT2D eigenvalue weighted by Crippen LogP contribution is -2.34. The van der Waals surface area contributed by atoms with Gasteiger partial charge in [-0.2, -0.15) is 0 Å². The monoisotopic (exact) mass is 409 g/mol. The van der Waals surface area contributed by atoms with E-state index in [2.05, 4.69) is 50.2 Å². The van der Waals surface area contributed by atoms with Gasteiger partial charge >= 0.3 is 0 Å². The number of carbonyl (C=O) groups is 2. The SMILES string of the molecule is CCN(CC)CCNC(=O)c1ccc(CNC(=O)c2ccc(C(C)(C)C)cc2)cc1. The molecule has 0 unspecified atom stereocenters. The van der Waals surface area contributed by atoms with Crippen molar-refractivity contribution in [3.05, 3.63) is 70.8 Å². The molecule has 0 aliphatic heterocycles. The number of benzene rings is 2. The molecular weight excluding hydrogens is 374 g/mol. The van der Waals surface area contributed by atoms with E-state index >= 15 is 0 Å². The molecule has 0 aliphatic rings. The van der Waals surface area contributed by atoms with Crippen molar-refractivity contribution in [2.45, 2.75) is 46.6 Å². The van der Waals surface area contributed by atoms with Crippen molar-refractivity contribution in [2.24, 2.45) is 0 Å². The minimum atomic E-state index is -0.103. The highest BCUT2D eigenvalue weighted by molar-refractivity contribution is 5.95. The van der Waals surface area contributed by atoms with Crippen molar-refractivity contribution < 1.29 is 9.59 Å². The van der Waals surface area contributed by atoms with E-state index in [1.807, 2.05) is 36.4 Å². The maximum absolute atomic E-state index is 12.4. The van der Waals surface area contributed by atoms with Gasteiger partial charge in [-0.25, -0.2) is 0 Å². The van der Waals surface area contributed by atoms with Crippen molar-refractivity contribution in [3.63, 3.8) is 0 Å². The molecule has 2 rings (SSSR count). The van der Waals surface area contributed by atoms with E-state index in [9.17, 15) is 9.59 Å². The van der Waals surface area contributed by atoms with Crippen molar-refractivity contribution in [3.8, 4) is 0 Å². The van der Waals surface area contributed by atoms with Crippen molar-refractivity contribution in [1.29, 1.82) is 0 Å². The summed E-state index contributed by atoms with van der Waals surface area (Å²) in [6.45, 7) is 14.5. The van der Waals surface area contributed by atoms with Crippen LogP contribution in [0.2, 0.25) is 0 Å². The summed E-state index contributed by atoms with van der Waals surface area (Å²) >= 11 is 0. The molecule has 0 saturated carbocycles. The van der Waals surface area contributed by atoms with Gasteiger partial charge in [-0.1, -0.05) is 58.9 Å². The second kappa shape index (κ2) is 10.9. The molecule has 0 bridgehead atoms. The second-order valence-electron chi connectivity index (χ2n) is 8.49. The molecule has 2 amide bonds. The number of rotatable bonds is 9. The van der Waals surface area contributed by atoms with E-state index < -0.39 is 0 Å². The van der Waals surface area contributed by atoms with Gasteiger partial charge in [-0.05, 0) is 53.9 Å². The molecule has 5 nitrogen and oxygen atoms in total. The van der Waals surface area contributed by atoms with Crippen LogP contribution in [-0.2, 0) is 12.0 Å². The Morgan fingerprint density at radius 2 is 1.30 bits per heavy atom. The minimum Gasteiger partial charge on any atom is -0.351 e. The van der Waals surface area contributed by atoms with Gasteiger partial charge in [-0.3, -0.25) is 9.59 Å². The Hall–Kier alpha value is -2.66. The molecule has 2 aromatic rings. The predicted molar refractivity (Wildman–Crippen MR) is 123 cm³/mol. The molecule has 0 aliphatic carbocycles. The molecule has 0 atom stereocenters. The van der Waals surface area contributed by atoms with Crippen molar-refractivity contribution in [1.82, 2.24) is 15.5 Å². The van der Waals surface area contributed by atoms with Crippen LogP contribution in [0.3, 0.4) is 0 Å². The van der Waals surface area contributed by atoms with Gasteiger partial charge in [0.05, 0.1) is 0 Å². The van der Waals surface area contributed by atoms with Gasteiger partial charge in [0.25, 0.3) is 11.8 Å². The highest BCUT2D eigenvalue weighted by Gasteiger charge is 2.14. The summed E-state index contributed by atoms with van der Waals surface area (Å²) in [6.07, 6.45) is 0. The zero-order valence-electron chi connectivity index (χ0n) is 18.9. The molecule has 0 spiro atoms. The highest BCUT2D eigenvalue weighted by atomic mass is 16.2. The number of nitrogens with one attached hydrogen (secondary N) is 2. The van der Waals surface area contributed by atoms with E-state index in [1.54, 1.807) is 12.1 Å². The molecular formula is C25H35N3O2. The number of hydrogen-bond acceptors (Lipinski definition) is 3. The van der Waals surface area contributed by atoms with E-state index in [0.717, 1.165) is 25.2 Å². The van der Waals surface area contributed by atoms with E-state index in [-0.39, 0.29) is 17.2 Å². The molecule has 0 heterocycles. The number of carbonyl (C=O) groups excluding carboxylic acids is 2. The fourth-order valence-electron chi connectivity index (χ4n) is 3.15. The van der Waals surface area contributed by atoms with Gasteiger partial charge in [0.15, 0.2) is 0 Å². The average molecular weight is 410 g/mol. The number of nitrogens with zero attached hydrogens (tertiary/aromatic N) is 1. The van der Waals surface area contributed by atoms with Crippen LogP contribution in [0.4, 0.5) is 0 Å². The smallest absolute Gasteiger partial charge is 0.251 e. The fourth-order valence-corrected chi connectivity index (χ4v) is 3.15. The van der Waals surface area contributed by atoms with Crippen LogP contribution in [0.25, 0.3) is 0 Å². The molecule has 30 heavy (non-hydrogen) atoms. The van der Waals surface area contributed by atoms with Crippen LogP contribution >= 0.6 is 0 Å². The molecule has 0 fully saturated rings. The molecule has 0 aromatic heterocycles. The lowest BCUT2D eigenvalue weighted by atomic mass is 9.87. The largest absolute Gasteiger partial charge is 0.351 e. The zero-order chi connectivity index (χ0) is 22.1. The van der Waals surface area contributed by atoms with Crippen LogP contribution < -0.4 is 10.6 Å². The molecule has 162 valence electrons. The first-order chi connectivity index (χ1) is 14.2. The van der Waals surface area contributed by atoms with Crippen LogP contribution in [0, 0.1) is 0 Å². The number of likely N-dealkylation sites (N-methyl/N-ethyl adjacent to an activating group) is 1. The maximum atomic E-state index is 12.4. The second-order valence-corrected chi connectivity index (χ2v) is 8.49. The first-order valence-corrected chi connectivity index (χ1v) is 10.7. The van der Waals surface area contributed by atoms with Gasteiger partial charge in [0, 0.05) is 30.8 Å². The normalized spacial score (nSPS) is 11.4. The Balaban J connectivity index is 1.84. The first kappa shape index (κ1) is 23.6. The fraction of sp³-hybridized carbons (Fsp3) is 0.440. The summed E-state index contributed by atoms with van der Waals surface area (Å²) in [4.78, 5) is 26.9. The molecule has 2 aromatic carbocycles. The van der Waals surface area contributed by atoms with E-state index in [4.69, 9.17) is 0 Å². The lowest BCUT2D eigenvalue weighted by Gasteiger charge is -2.19. The van der Waals surface area contributed by atoms with Crippen molar-refractivity contribution >= 4 is 11.8 Å². The van der Waals surface area contributed by atoms with Gasteiger partial charge < -0.3 is 15.5 Å². The van der Waals surface area contributed by atoms with Crippen LogP contribution in [0.5, 0.6) is 0 Å². The van der Waals surface area contributed by atoms with Crippen LogP contribution in [0.1, 0.15) is 66.5 Å². The molecule has 0 radical (unpaired) electrons. The zero-order valence-corrected chi connectivity index (χ0v) is 18.9. The predicted octanol–water partition coefficient (Wildman–Crippen LogP) is 3.99. The summed E-state index contributed by atoms with van der Waals surface area (Å²) < 4.78 is 0. The summed E-state index contributed by atoms with van der Waals surface area (Å²) in [7, 11) is 0. The van der Waals surface area contributed by atoms with Crippen LogP contribution in [0.15, 0.2) is 48.5 Å². The Morgan fingerprint density at radius 3 is 1.80 bits per heavy atom. The Morgan fingerprint density at radius 1 is 0.800 bits per heavy atom. The summed E-state index contributed by atoms with van der Waals surface area (Å²) in [6, 6.07) is 15.1. The Kier molecular flexibility index (Phi) is 8.60. The summed E-state index contributed by atoms with van der Waals surface area (Å²) in [5.41, 5.74) is 3.49. The third-order valence-corrected chi connectivity index (χ3v) is 5.29. The van der Waals surface area contributed by atoms with E-state index in [0.29, 0.717) is 24.2 Å². The Bertz CT molecular complexity index is 817. The third kappa shape index (κ3) is 6.99. The van der Waals surface area contributed by atoms with Gasteiger partial charge in [-0.15, -0.1) is 0 Å². The van der Waals surface area contributed by atoms with Gasteiger partial charge in [0.2, 0.25) is 0 Å². The number of hydrogen-bond donors (Lipinski definition) is 2. The first-order valence-electron chi connectivity index (χ1n) is 10.7. The topological polar surface area (TPSA) is 61.4 Å². The molecule has 5 heteroatoms. The average Bonchev–Trinajstić information content (AvgIpc) is 2.74. The summed E-state index contributed by atoms with van der Waals surface area (Å²) in [5.74, 6) is -0.176. The standard InChI is InChI=1S/C25H35N3O2/c1-6-28(7-2)17-16-26-23(29)20-10-8-19(9-11-20)18-27-24(30)21-12-14-22(15-13-21)25(3,4)5/h8-15H,6-7,16-18H2,1-5H3,(H,26,29)(H,27,30). The van der Waals surface area contributed by atoms with Crippen LogP contribution in [-0.4, -0.2) is 42.9 Å². The van der Waals surface area contributed by atoms with Gasteiger partial charge in [0.1, 0.15) is 0 Å². The maximum Gasteiger partial charge on any atom is 0.251 e. The summed E-state index contributed by atoms with van der Waals surface area (Å²) in [5, 5.41) is 5.89. The Labute approximate surface area is 180 Å². The third-order valence-electron chi connectivity index (χ3n) is 5.29. The molecule has 2 N–H and O–H groups in total. The van der Waals surface area contributed by atoms with Crippen molar-refractivity contribution in [2.75, 3.05) is 26.2 Å². The number of amides is 2. The molecule has 0 saturated heterocycles. The lowest BCUT2D eigenvalue weighted by molar-refractivity contribution is 0.0940.